The molecule has 3 aliphatic carbocycles. The molecule has 3 aliphatic heterocycles. The second-order valence-electron chi connectivity index (χ2n) is 21.7. The van der Waals surface area contributed by atoms with Gasteiger partial charge in [-0.15, -0.1) is 0 Å². The zero-order valence-corrected chi connectivity index (χ0v) is 44.0. The average molecular weight is 1000 g/mol. The summed E-state index contributed by atoms with van der Waals surface area (Å²) in [5, 5.41) is 4.41. The van der Waals surface area contributed by atoms with Gasteiger partial charge in [-0.2, -0.15) is 35.3 Å². The zero-order valence-electron chi connectivity index (χ0n) is 41.5. The van der Waals surface area contributed by atoms with E-state index in [9.17, 15) is 14.4 Å². The Balaban J connectivity index is 0.000000129. The SMILES string of the molecule is C.CC(=O)CSC[C@@H]1C[C@@H]2c3cccc4[nH]cc(c34)C[C@H]2N(C)C1.CC(=O)CSC[C@@H]1C[C@@H]2c3cccc4[nH]cc(c34)C[C@H]2N(C)C1.CC(=O)CSC[C@@H]1C[C@@H]2c3cccc4[nH]cc(c34)C[C@H]2N(C)C1. The van der Waals surface area contributed by atoms with Crippen molar-refractivity contribution in [1.82, 2.24) is 29.7 Å². The van der Waals surface area contributed by atoms with E-state index in [0.29, 0.717) is 70.9 Å². The molecule has 0 spiro atoms. The highest BCUT2D eigenvalue weighted by Crippen LogP contribution is 2.48. The van der Waals surface area contributed by atoms with Crippen LogP contribution in [0.2, 0.25) is 0 Å². The molecular formula is C58H76N6O3S3. The third-order valence-corrected chi connectivity index (χ3v) is 20.4. The van der Waals surface area contributed by atoms with Crippen LogP contribution in [0.4, 0.5) is 0 Å². The highest BCUT2D eigenvalue weighted by Gasteiger charge is 2.42. The number of H-pyrrole nitrogens is 3. The zero-order chi connectivity index (χ0) is 47.9. The van der Waals surface area contributed by atoms with Crippen LogP contribution in [0.15, 0.2) is 73.2 Å². The standard InChI is InChI=1S/3C19H24N2OS.CH4/c3*1-12(22)10-23-11-13-6-16-15-4-3-5-17-19(15)14(8-20-17)7-18(16)21(2)9-13;/h3*3-5,8,13,16,18,20H,6-7,9-11H2,1-2H3;1H4/t3*13-,16-,18-;/m111./s1. The molecule has 12 rings (SSSR count). The molecule has 9 atom stereocenters. The van der Waals surface area contributed by atoms with Crippen LogP contribution in [-0.2, 0) is 33.6 Å². The number of likely N-dealkylation sites (N-methyl/N-ethyl adjacent to an activating group) is 3. The Kier molecular flexibility index (Phi) is 16.2. The first-order valence-corrected chi connectivity index (χ1v) is 28.9. The van der Waals surface area contributed by atoms with E-state index >= 15 is 0 Å². The molecule has 0 radical (unpaired) electrons. The lowest BCUT2D eigenvalue weighted by molar-refractivity contribution is -0.115. The fraction of sp³-hybridized carbons (Fsp3) is 0.534. The predicted molar refractivity (Wildman–Crippen MR) is 299 cm³/mol. The molecule has 3 aromatic heterocycles. The Morgan fingerprint density at radius 3 is 1.04 bits per heavy atom. The van der Waals surface area contributed by atoms with E-state index in [1.54, 1.807) is 56.1 Å². The second kappa shape index (κ2) is 22.1. The molecule has 3 N–H and O–H groups in total. The first-order chi connectivity index (χ1) is 33.4. The van der Waals surface area contributed by atoms with Gasteiger partial charge in [-0.05, 0) is 167 Å². The number of piperidine rings is 3. The van der Waals surface area contributed by atoms with Crippen LogP contribution in [0, 0.1) is 17.8 Å². The fourth-order valence-electron chi connectivity index (χ4n) is 13.6. The van der Waals surface area contributed by atoms with Gasteiger partial charge in [0.2, 0.25) is 0 Å². The van der Waals surface area contributed by atoms with E-state index < -0.39 is 0 Å². The number of nitrogens with zero attached hydrogens (tertiary/aromatic N) is 3. The molecule has 3 fully saturated rings. The van der Waals surface area contributed by atoms with E-state index in [1.807, 2.05) is 0 Å². The van der Waals surface area contributed by atoms with E-state index in [0.717, 1.165) is 56.2 Å². The van der Waals surface area contributed by atoms with E-state index in [4.69, 9.17) is 0 Å². The van der Waals surface area contributed by atoms with Crippen LogP contribution in [0.25, 0.3) is 32.7 Å². The molecule has 6 heterocycles. The number of rotatable bonds is 12. The summed E-state index contributed by atoms with van der Waals surface area (Å²) in [7, 11) is 6.83. The summed E-state index contributed by atoms with van der Waals surface area (Å²) in [5.74, 6) is 10.1. The largest absolute Gasteiger partial charge is 0.361 e. The molecule has 0 bridgehead atoms. The number of ketones is 3. The minimum absolute atomic E-state index is 0. The Morgan fingerprint density at radius 2 is 0.771 bits per heavy atom. The lowest BCUT2D eigenvalue weighted by Gasteiger charge is -2.45. The van der Waals surface area contributed by atoms with Gasteiger partial charge in [-0.3, -0.25) is 14.4 Å². The molecule has 3 saturated heterocycles. The number of carbonyl (C=O) groups is 3. The number of benzene rings is 3. The van der Waals surface area contributed by atoms with Gasteiger partial charge in [-0.25, -0.2) is 0 Å². The fourth-order valence-corrected chi connectivity index (χ4v) is 16.6. The summed E-state index contributed by atoms with van der Waals surface area (Å²) in [6.07, 6.45) is 13.8. The maximum Gasteiger partial charge on any atom is 0.139 e. The van der Waals surface area contributed by atoms with Gasteiger partial charge in [-0.1, -0.05) is 43.8 Å². The van der Waals surface area contributed by atoms with Gasteiger partial charge in [0, 0.05) is 107 Å². The molecule has 0 amide bonds. The van der Waals surface area contributed by atoms with E-state index in [2.05, 4.69) is 124 Å². The number of nitrogens with one attached hydrogen (secondary N) is 3. The Morgan fingerprint density at radius 1 is 0.486 bits per heavy atom. The van der Waals surface area contributed by atoms with Crippen molar-refractivity contribution < 1.29 is 14.4 Å². The van der Waals surface area contributed by atoms with Crippen molar-refractivity contribution in [2.75, 3.05) is 75.3 Å². The maximum atomic E-state index is 11.2. The van der Waals surface area contributed by atoms with Gasteiger partial charge in [0.25, 0.3) is 0 Å². The Bertz CT molecular complexity index is 2510. The topological polar surface area (TPSA) is 108 Å². The van der Waals surface area contributed by atoms with Crippen molar-refractivity contribution in [3.63, 3.8) is 0 Å². The number of aromatic nitrogens is 3. The van der Waals surface area contributed by atoms with Crippen molar-refractivity contribution >= 4 is 85.3 Å². The number of carbonyl (C=O) groups excluding carboxylic acids is 3. The predicted octanol–water partition coefficient (Wildman–Crippen LogP) is 11.0. The van der Waals surface area contributed by atoms with Crippen molar-refractivity contribution in [1.29, 1.82) is 0 Å². The van der Waals surface area contributed by atoms with E-state index in [1.165, 1.54) is 85.4 Å². The summed E-state index contributed by atoms with van der Waals surface area (Å²) in [6, 6.07) is 22.0. The van der Waals surface area contributed by atoms with E-state index in [-0.39, 0.29) is 24.8 Å². The van der Waals surface area contributed by atoms with Gasteiger partial charge in [0.1, 0.15) is 17.3 Å². The highest BCUT2D eigenvalue weighted by molar-refractivity contribution is 8.00. The molecule has 9 nitrogen and oxygen atoms in total. The number of likely N-dealkylation sites (tertiary alicyclic amines) is 3. The molecule has 3 aromatic carbocycles. The molecule has 0 unspecified atom stereocenters. The first kappa shape index (κ1) is 51.1. The summed E-state index contributed by atoms with van der Waals surface area (Å²) < 4.78 is 0. The number of aromatic amines is 3. The molecule has 6 aromatic rings. The monoisotopic (exact) mass is 1000 g/mol. The van der Waals surface area contributed by atoms with Crippen LogP contribution >= 0.6 is 35.3 Å². The van der Waals surface area contributed by atoms with Gasteiger partial charge in [0.15, 0.2) is 0 Å². The number of thioether (sulfide) groups is 3. The Hall–Kier alpha value is -3.78. The molecular weight excluding hydrogens is 925 g/mol. The molecule has 70 heavy (non-hydrogen) atoms. The van der Waals surface area contributed by atoms with Gasteiger partial charge in [0.05, 0.1) is 17.3 Å². The number of Topliss-reactive ketones (excluding diaryl/α,β-unsaturated/α-hetero) is 3. The minimum Gasteiger partial charge on any atom is -0.361 e. The van der Waals surface area contributed by atoms with Crippen LogP contribution in [0.1, 0.15) is 98.6 Å². The van der Waals surface area contributed by atoms with Gasteiger partial charge < -0.3 is 29.7 Å². The number of fused-ring (bicyclic) bond motifs is 6. The normalized spacial score (nSPS) is 26.7. The first-order valence-electron chi connectivity index (χ1n) is 25.5. The Labute approximate surface area is 429 Å². The number of hydrogen-bond donors (Lipinski definition) is 3. The third-order valence-electron chi connectivity index (χ3n) is 16.4. The van der Waals surface area contributed by atoms with Crippen molar-refractivity contribution in [2.45, 2.75) is 103 Å². The van der Waals surface area contributed by atoms with Crippen LogP contribution in [0.5, 0.6) is 0 Å². The average Bonchev–Trinajstić information content (AvgIpc) is 4.07. The van der Waals surface area contributed by atoms with Crippen molar-refractivity contribution in [3.8, 4) is 0 Å². The second-order valence-corrected chi connectivity index (χ2v) is 24.8. The van der Waals surface area contributed by atoms with Gasteiger partial charge >= 0.3 is 0 Å². The molecule has 0 saturated carbocycles. The van der Waals surface area contributed by atoms with Crippen LogP contribution in [-0.4, -0.2) is 140 Å². The highest BCUT2D eigenvalue weighted by atomic mass is 32.2. The summed E-state index contributed by atoms with van der Waals surface area (Å²) >= 11 is 5.42. The summed E-state index contributed by atoms with van der Waals surface area (Å²) in [6.45, 7) is 8.52. The van der Waals surface area contributed by atoms with Crippen molar-refractivity contribution in [2.24, 2.45) is 17.8 Å². The number of hydrogen-bond acceptors (Lipinski definition) is 9. The summed E-state index contributed by atoms with van der Waals surface area (Å²) in [5.41, 5.74) is 12.9. The quantitative estimate of drug-likeness (QED) is 0.110. The third kappa shape index (κ3) is 10.7. The smallest absolute Gasteiger partial charge is 0.139 e. The van der Waals surface area contributed by atoms with Crippen molar-refractivity contribution in [3.05, 3.63) is 107 Å². The lowest BCUT2D eigenvalue weighted by atomic mass is 9.73. The van der Waals surface area contributed by atoms with Crippen LogP contribution < -0.4 is 0 Å². The molecule has 6 aliphatic rings. The molecule has 374 valence electrons. The minimum atomic E-state index is 0. The summed E-state index contributed by atoms with van der Waals surface area (Å²) in [4.78, 5) is 51.5. The molecule has 12 heteroatoms. The lowest BCUT2D eigenvalue weighted by Crippen LogP contribution is -2.48. The van der Waals surface area contributed by atoms with Crippen LogP contribution in [0.3, 0.4) is 0 Å². The maximum absolute atomic E-state index is 11.2.